The van der Waals surface area contributed by atoms with Crippen molar-refractivity contribution in [1.82, 2.24) is 0 Å². The molecule has 0 atom stereocenters. The number of hydrogen-bond acceptors (Lipinski definition) is 4. The summed E-state index contributed by atoms with van der Waals surface area (Å²) in [6.45, 7) is 7.17. The van der Waals surface area contributed by atoms with Crippen LogP contribution >= 0.6 is 0 Å². The van der Waals surface area contributed by atoms with Crippen LogP contribution in [0.3, 0.4) is 0 Å². The van der Waals surface area contributed by atoms with Gasteiger partial charge in [0.2, 0.25) is 0 Å². The second kappa shape index (κ2) is 6.76. The van der Waals surface area contributed by atoms with E-state index in [1.807, 2.05) is 24.3 Å². The summed E-state index contributed by atoms with van der Waals surface area (Å²) in [7, 11) is -3.90. The SMILES string of the molecule is CC(C)(C)c1ccc(OCCCN2C(=O)S(=O)(=O)c3ccccc32)cc1. The van der Waals surface area contributed by atoms with Crippen molar-refractivity contribution in [2.24, 2.45) is 0 Å². The minimum absolute atomic E-state index is 0.0867. The van der Waals surface area contributed by atoms with Crippen LogP contribution in [0.1, 0.15) is 32.8 Å². The number of carbonyl (C=O) groups excluding carboxylic acids is 1. The van der Waals surface area contributed by atoms with Gasteiger partial charge in [0, 0.05) is 6.54 Å². The smallest absolute Gasteiger partial charge is 0.348 e. The standard InChI is InChI=1S/C20H23NO4S/c1-20(2,3)15-9-11-16(12-10-15)25-14-6-13-21-17-7-4-5-8-18(17)26(23,24)19(21)22/h4-5,7-12H,6,13-14H2,1-3H3. The van der Waals surface area contributed by atoms with Crippen LogP contribution in [-0.4, -0.2) is 26.8 Å². The van der Waals surface area contributed by atoms with E-state index in [1.165, 1.54) is 16.5 Å². The first-order chi connectivity index (χ1) is 12.2. The van der Waals surface area contributed by atoms with Gasteiger partial charge in [-0.2, -0.15) is 0 Å². The first-order valence-corrected chi connectivity index (χ1v) is 10.1. The van der Waals surface area contributed by atoms with Gasteiger partial charge in [-0.1, -0.05) is 45.0 Å². The Labute approximate surface area is 154 Å². The van der Waals surface area contributed by atoms with Gasteiger partial charge in [-0.15, -0.1) is 0 Å². The van der Waals surface area contributed by atoms with Crippen molar-refractivity contribution >= 4 is 20.8 Å². The predicted octanol–water partition coefficient (Wildman–Crippen LogP) is 4.17. The second-order valence-corrected chi connectivity index (χ2v) is 9.16. The molecule has 0 N–H and O–H groups in total. The number of carbonyl (C=O) groups is 1. The van der Waals surface area contributed by atoms with Gasteiger partial charge >= 0.3 is 5.24 Å². The maximum absolute atomic E-state index is 12.2. The van der Waals surface area contributed by atoms with Gasteiger partial charge in [-0.3, -0.25) is 9.69 Å². The average molecular weight is 373 g/mol. The molecule has 138 valence electrons. The van der Waals surface area contributed by atoms with E-state index >= 15 is 0 Å². The van der Waals surface area contributed by atoms with Gasteiger partial charge < -0.3 is 4.74 Å². The van der Waals surface area contributed by atoms with Crippen molar-refractivity contribution in [1.29, 1.82) is 0 Å². The van der Waals surface area contributed by atoms with Gasteiger partial charge in [0.1, 0.15) is 10.6 Å². The van der Waals surface area contributed by atoms with Gasteiger partial charge in [0.25, 0.3) is 9.84 Å². The van der Waals surface area contributed by atoms with E-state index in [0.29, 0.717) is 25.3 Å². The summed E-state index contributed by atoms with van der Waals surface area (Å²) in [5.74, 6) is 0.763. The van der Waals surface area contributed by atoms with Crippen LogP contribution in [0.4, 0.5) is 10.5 Å². The zero-order chi connectivity index (χ0) is 18.9. The van der Waals surface area contributed by atoms with Crippen LogP contribution in [0.25, 0.3) is 0 Å². The third-order valence-corrected chi connectivity index (χ3v) is 6.02. The number of para-hydroxylation sites is 1. The molecule has 26 heavy (non-hydrogen) atoms. The lowest BCUT2D eigenvalue weighted by Gasteiger charge is -2.19. The van der Waals surface area contributed by atoms with Crippen molar-refractivity contribution in [2.75, 3.05) is 18.1 Å². The molecule has 1 heterocycles. The molecule has 0 radical (unpaired) electrons. The molecule has 1 amide bonds. The molecule has 3 rings (SSSR count). The van der Waals surface area contributed by atoms with Crippen LogP contribution < -0.4 is 9.64 Å². The fourth-order valence-corrected chi connectivity index (χ4v) is 4.30. The van der Waals surface area contributed by atoms with Gasteiger partial charge in [-0.25, -0.2) is 8.42 Å². The fourth-order valence-electron chi connectivity index (χ4n) is 2.92. The fraction of sp³-hybridized carbons (Fsp3) is 0.350. The Balaban J connectivity index is 1.58. The second-order valence-electron chi connectivity index (χ2n) is 7.37. The van der Waals surface area contributed by atoms with Crippen LogP contribution in [0.2, 0.25) is 0 Å². The lowest BCUT2D eigenvalue weighted by molar-refractivity contribution is 0.262. The number of benzene rings is 2. The summed E-state index contributed by atoms with van der Waals surface area (Å²) in [6.07, 6.45) is 0.538. The quantitative estimate of drug-likeness (QED) is 0.738. The normalized spacial score (nSPS) is 15.8. The van der Waals surface area contributed by atoms with E-state index in [4.69, 9.17) is 4.74 Å². The number of ether oxygens (including phenoxy) is 1. The predicted molar refractivity (Wildman–Crippen MR) is 102 cm³/mol. The monoisotopic (exact) mass is 373 g/mol. The number of nitrogens with zero attached hydrogens (tertiary/aromatic N) is 1. The molecule has 0 spiro atoms. The van der Waals surface area contributed by atoms with Gasteiger partial charge in [-0.05, 0) is 41.7 Å². The number of hydrogen-bond donors (Lipinski definition) is 0. The maximum atomic E-state index is 12.2. The molecule has 6 heteroatoms. The van der Waals surface area contributed by atoms with E-state index in [1.54, 1.807) is 18.2 Å². The van der Waals surface area contributed by atoms with Crippen molar-refractivity contribution in [3.05, 3.63) is 54.1 Å². The molecule has 2 aromatic rings. The Morgan fingerprint density at radius 3 is 2.31 bits per heavy atom. The highest BCUT2D eigenvalue weighted by molar-refractivity contribution is 8.07. The summed E-state index contributed by atoms with van der Waals surface area (Å²) in [5, 5.41) is -0.853. The Kier molecular flexibility index (Phi) is 4.80. The van der Waals surface area contributed by atoms with E-state index in [0.717, 1.165) is 5.75 Å². The van der Waals surface area contributed by atoms with Crippen molar-refractivity contribution in [3.63, 3.8) is 0 Å². The summed E-state index contributed by atoms with van der Waals surface area (Å²) in [6, 6.07) is 14.4. The van der Waals surface area contributed by atoms with Crippen LogP contribution in [0.5, 0.6) is 5.75 Å². The zero-order valence-electron chi connectivity index (χ0n) is 15.2. The minimum Gasteiger partial charge on any atom is -0.494 e. The van der Waals surface area contributed by atoms with Crippen LogP contribution in [-0.2, 0) is 15.3 Å². The lowest BCUT2D eigenvalue weighted by atomic mass is 9.87. The number of sulfone groups is 1. The number of fused-ring (bicyclic) bond motifs is 1. The molecule has 0 saturated heterocycles. The Morgan fingerprint density at radius 2 is 1.65 bits per heavy atom. The average Bonchev–Trinajstić information content (AvgIpc) is 2.79. The van der Waals surface area contributed by atoms with Gasteiger partial charge in [0.05, 0.1) is 12.3 Å². The summed E-state index contributed by atoms with van der Waals surface area (Å²) < 4.78 is 30.0. The first kappa shape index (κ1) is 18.5. The third kappa shape index (κ3) is 3.46. The molecule has 0 saturated carbocycles. The molecular weight excluding hydrogens is 350 g/mol. The van der Waals surface area contributed by atoms with Crippen molar-refractivity contribution in [2.45, 2.75) is 37.5 Å². The summed E-state index contributed by atoms with van der Waals surface area (Å²) in [5.41, 5.74) is 1.77. The topological polar surface area (TPSA) is 63.7 Å². The highest BCUT2D eigenvalue weighted by atomic mass is 32.2. The van der Waals surface area contributed by atoms with E-state index < -0.39 is 15.1 Å². The molecular formula is C20H23NO4S. The molecule has 0 unspecified atom stereocenters. The van der Waals surface area contributed by atoms with E-state index in [2.05, 4.69) is 20.8 Å². The Bertz CT molecular complexity index is 912. The molecule has 0 aromatic heterocycles. The number of anilines is 1. The summed E-state index contributed by atoms with van der Waals surface area (Å²) in [4.78, 5) is 13.6. The maximum Gasteiger partial charge on any atom is 0.348 e. The highest BCUT2D eigenvalue weighted by Crippen LogP contribution is 2.35. The molecule has 1 aliphatic rings. The van der Waals surface area contributed by atoms with Crippen LogP contribution in [0.15, 0.2) is 53.4 Å². The molecule has 0 bridgehead atoms. The number of amides is 1. The zero-order valence-corrected chi connectivity index (χ0v) is 16.0. The van der Waals surface area contributed by atoms with Gasteiger partial charge in [0.15, 0.2) is 0 Å². The highest BCUT2D eigenvalue weighted by Gasteiger charge is 2.41. The summed E-state index contributed by atoms with van der Waals surface area (Å²) >= 11 is 0. The molecule has 5 nitrogen and oxygen atoms in total. The molecule has 0 aliphatic carbocycles. The largest absolute Gasteiger partial charge is 0.494 e. The van der Waals surface area contributed by atoms with E-state index in [-0.39, 0.29) is 10.3 Å². The Morgan fingerprint density at radius 1 is 1.00 bits per heavy atom. The van der Waals surface area contributed by atoms with Crippen molar-refractivity contribution < 1.29 is 17.9 Å². The Hall–Kier alpha value is -2.34. The molecule has 2 aromatic carbocycles. The number of rotatable bonds is 5. The van der Waals surface area contributed by atoms with E-state index in [9.17, 15) is 13.2 Å². The molecule has 1 aliphatic heterocycles. The molecule has 0 fully saturated rings. The first-order valence-electron chi connectivity index (χ1n) is 8.60. The minimum atomic E-state index is -3.90. The lowest BCUT2D eigenvalue weighted by Crippen LogP contribution is -2.30. The van der Waals surface area contributed by atoms with Crippen molar-refractivity contribution in [3.8, 4) is 5.75 Å². The van der Waals surface area contributed by atoms with Crippen LogP contribution in [0, 0.1) is 0 Å². The third-order valence-electron chi connectivity index (χ3n) is 4.41.